The lowest BCUT2D eigenvalue weighted by Gasteiger charge is -2.38. The van der Waals surface area contributed by atoms with Crippen LogP contribution in [0, 0.1) is 0 Å². The second kappa shape index (κ2) is 8.63. The van der Waals surface area contributed by atoms with Crippen LogP contribution in [0.1, 0.15) is 28.8 Å². The van der Waals surface area contributed by atoms with Crippen molar-refractivity contribution in [2.24, 2.45) is 0 Å². The minimum Gasteiger partial charge on any atom is -0.493 e. The Morgan fingerprint density at radius 2 is 1.81 bits per heavy atom. The zero-order valence-electron chi connectivity index (χ0n) is 15.6. The lowest BCUT2D eigenvalue weighted by molar-refractivity contribution is 0.0487. The highest BCUT2D eigenvalue weighted by Crippen LogP contribution is 2.35. The van der Waals surface area contributed by atoms with E-state index in [4.69, 9.17) is 25.8 Å². The second-order valence-corrected chi connectivity index (χ2v) is 7.06. The molecule has 3 rings (SSSR count). The van der Waals surface area contributed by atoms with E-state index < -0.39 is 0 Å². The molecule has 6 heteroatoms. The summed E-state index contributed by atoms with van der Waals surface area (Å²) in [4.78, 5) is 12.9. The van der Waals surface area contributed by atoms with Crippen molar-refractivity contribution in [3.05, 3.63) is 58.6 Å². The van der Waals surface area contributed by atoms with E-state index in [1.165, 1.54) is 7.11 Å². The molecule has 0 radical (unpaired) electrons. The zero-order valence-corrected chi connectivity index (χ0v) is 16.3. The van der Waals surface area contributed by atoms with Gasteiger partial charge in [0.25, 0.3) is 5.91 Å². The van der Waals surface area contributed by atoms with Crippen LogP contribution in [0.25, 0.3) is 0 Å². The molecule has 0 bridgehead atoms. The summed E-state index contributed by atoms with van der Waals surface area (Å²) in [6, 6.07) is 13.1. The van der Waals surface area contributed by atoms with Crippen molar-refractivity contribution >= 4 is 17.5 Å². The van der Waals surface area contributed by atoms with Gasteiger partial charge in [0.15, 0.2) is 11.5 Å². The topological polar surface area (TPSA) is 56.8 Å². The van der Waals surface area contributed by atoms with Crippen LogP contribution in [0.5, 0.6) is 11.5 Å². The van der Waals surface area contributed by atoms with Gasteiger partial charge >= 0.3 is 0 Å². The highest BCUT2D eigenvalue weighted by Gasteiger charge is 2.35. The van der Waals surface area contributed by atoms with Gasteiger partial charge in [-0.2, -0.15) is 0 Å². The van der Waals surface area contributed by atoms with E-state index in [-0.39, 0.29) is 11.3 Å². The third-order valence-corrected chi connectivity index (χ3v) is 5.39. The molecule has 0 spiro atoms. The number of amides is 1. The molecule has 1 N–H and O–H groups in total. The van der Waals surface area contributed by atoms with Crippen molar-refractivity contribution in [1.29, 1.82) is 0 Å². The van der Waals surface area contributed by atoms with Crippen LogP contribution in [0.4, 0.5) is 0 Å². The van der Waals surface area contributed by atoms with Gasteiger partial charge in [0.1, 0.15) is 0 Å². The number of carbonyl (C=O) groups excluding carboxylic acids is 1. The molecule has 5 nitrogen and oxygen atoms in total. The number of benzene rings is 2. The molecule has 144 valence electrons. The fourth-order valence-electron chi connectivity index (χ4n) is 3.54. The number of nitrogens with one attached hydrogen (secondary N) is 1. The number of halogens is 1. The Kier molecular flexibility index (Phi) is 6.24. The highest BCUT2D eigenvalue weighted by atomic mass is 35.5. The van der Waals surface area contributed by atoms with Crippen LogP contribution in [0.2, 0.25) is 5.02 Å². The van der Waals surface area contributed by atoms with Gasteiger partial charge in [0.2, 0.25) is 0 Å². The van der Waals surface area contributed by atoms with Gasteiger partial charge in [-0.3, -0.25) is 4.79 Å². The molecule has 1 aliphatic heterocycles. The Balaban J connectivity index is 1.82. The van der Waals surface area contributed by atoms with E-state index in [2.05, 4.69) is 5.32 Å². The molecule has 0 aliphatic carbocycles. The van der Waals surface area contributed by atoms with Crippen LogP contribution in [0.15, 0.2) is 42.5 Å². The Hall–Kier alpha value is -2.24. The maximum Gasteiger partial charge on any atom is 0.255 e. The normalized spacial score (nSPS) is 15.8. The fourth-order valence-corrected chi connectivity index (χ4v) is 3.67. The highest BCUT2D eigenvalue weighted by molar-refractivity contribution is 6.30. The molecule has 0 atom stereocenters. The molecule has 1 saturated heterocycles. The first-order chi connectivity index (χ1) is 13.1. The molecule has 1 fully saturated rings. The number of ether oxygens (including phenoxy) is 3. The van der Waals surface area contributed by atoms with E-state index >= 15 is 0 Å². The predicted molar refractivity (Wildman–Crippen MR) is 105 cm³/mol. The molecule has 0 saturated carbocycles. The molecular formula is C21H24ClNO4. The average Bonchev–Trinajstić information content (AvgIpc) is 2.72. The number of hydrogen-bond donors (Lipinski definition) is 1. The van der Waals surface area contributed by atoms with Gasteiger partial charge in [0, 0.05) is 30.2 Å². The van der Waals surface area contributed by atoms with Crippen molar-refractivity contribution < 1.29 is 19.0 Å². The Labute approximate surface area is 164 Å². The zero-order chi connectivity index (χ0) is 19.3. The molecule has 1 amide bonds. The molecule has 0 unspecified atom stereocenters. The summed E-state index contributed by atoms with van der Waals surface area (Å²) < 4.78 is 16.2. The van der Waals surface area contributed by atoms with Gasteiger partial charge in [-0.25, -0.2) is 0 Å². The summed E-state index contributed by atoms with van der Waals surface area (Å²) in [5.41, 5.74) is 1.44. The van der Waals surface area contributed by atoms with E-state index in [0.29, 0.717) is 41.8 Å². The van der Waals surface area contributed by atoms with Gasteiger partial charge in [-0.1, -0.05) is 29.8 Å². The molecule has 1 heterocycles. The van der Waals surface area contributed by atoms with E-state index in [1.54, 1.807) is 25.3 Å². The Bertz CT molecular complexity index is 785. The number of methoxy groups -OCH3 is 2. The third kappa shape index (κ3) is 4.20. The van der Waals surface area contributed by atoms with Gasteiger partial charge in [-0.15, -0.1) is 0 Å². The van der Waals surface area contributed by atoms with Crippen LogP contribution in [-0.4, -0.2) is 39.9 Å². The standard InChI is InChI=1S/C21H24ClNO4/c1-25-18-5-3-4-17(19(18)26-2)20(24)23-14-21(10-12-27-13-11-21)15-6-8-16(22)9-7-15/h3-9H,10-14H2,1-2H3,(H,23,24). The molecular weight excluding hydrogens is 366 g/mol. The van der Waals surface area contributed by atoms with Crippen molar-refractivity contribution in [2.75, 3.05) is 34.0 Å². The number of carbonyl (C=O) groups is 1. The summed E-state index contributed by atoms with van der Waals surface area (Å²) >= 11 is 6.05. The Morgan fingerprint density at radius 1 is 1.11 bits per heavy atom. The summed E-state index contributed by atoms with van der Waals surface area (Å²) in [5.74, 6) is 0.777. The maximum absolute atomic E-state index is 12.9. The summed E-state index contributed by atoms with van der Waals surface area (Å²) in [5, 5.41) is 3.79. The number of hydrogen-bond acceptors (Lipinski definition) is 4. The van der Waals surface area contributed by atoms with E-state index in [1.807, 2.05) is 24.3 Å². The fraction of sp³-hybridized carbons (Fsp3) is 0.381. The molecule has 1 aliphatic rings. The van der Waals surface area contributed by atoms with Gasteiger partial charge in [-0.05, 0) is 42.7 Å². The monoisotopic (exact) mass is 389 g/mol. The lowest BCUT2D eigenvalue weighted by Crippen LogP contribution is -2.44. The molecule has 2 aromatic rings. The SMILES string of the molecule is COc1cccc(C(=O)NCC2(c3ccc(Cl)cc3)CCOCC2)c1OC. The molecule has 0 aromatic heterocycles. The minimum atomic E-state index is -0.189. The van der Waals surface area contributed by atoms with Crippen molar-refractivity contribution in [1.82, 2.24) is 5.32 Å². The molecule has 2 aromatic carbocycles. The van der Waals surface area contributed by atoms with E-state index in [0.717, 1.165) is 18.4 Å². The summed E-state index contributed by atoms with van der Waals surface area (Å²) in [6.45, 7) is 1.85. The first kappa shape index (κ1) is 19.5. The van der Waals surface area contributed by atoms with Crippen molar-refractivity contribution in [2.45, 2.75) is 18.3 Å². The first-order valence-corrected chi connectivity index (χ1v) is 9.30. The lowest BCUT2D eigenvalue weighted by atomic mass is 9.74. The van der Waals surface area contributed by atoms with Crippen LogP contribution in [0.3, 0.4) is 0 Å². The van der Waals surface area contributed by atoms with Crippen molar-refractivity contribution in [3.8, 4) is 11.5 Å². The van der Waals surface area contributed by atoms with E-state index in [9.17, 15) is 4.79 Å². The second-order valence-electron chi connectivity index (χ2n) is 6.62. The molecule has 27 heavy (non-hydrogen) atoms. The Morgan fingerprint density at radius 3 is 2.44 bits per heavy atom. The smallest absolute Gasteiger partial charge is 0.255 e. The van der Waals surface area contributed by atoms with Crippen LogP contribution < -0.4 is 14.8 Å². The maximum atomic E-state index is 12.9. The van der Waals surface area contributed by atoms with Crippen LogP contribution >= 0.6 is 11.6 Å². The van der Waals surface area contributed by atoms with Gasteiger partial charge in [0.05, 0.1) is 19.8 Å². The largest absolute Gasteiger partial charge is 0.493 e. The van der Waals surface area contributed by atoms with Crippen LogP contribution in [-0.2, 0) is 10.2 Å². The van der Waals surface area contributed by atoms with Crippen molar-refractivity contribution in [3.63, 3.8) is 0 Å². The minimum absolute atomic E-state index is 0.176. The average molecular weight is 390 g/mol. The predicted octanol–water partition coefficient (Wildman–Crippen LogP) is 3.84. The number of rotatable bonds is 6. The summed E-state index contributed by atoms with van der Waals surface area (Å²) in [7, 11) is 3.08. The quantitative estimate of drug-likeness (QED) is 0.815. The summed E-state index contributed by atoms with van der Waals surface area (Å²) in [6.07, 6.45) is 1.67. The third-order valence-electron chi connectivity index (χ3n) is 5.14. The van der Waals surface area contributed by atoms with Gasteiger partial charge < -0.3 is 19.5 Å². The first-order valence-electron chi connectivity index (χ1n) is 8.92. The number of para-hydroxylation sites is 1.